The standard InChI is InChI=1S/C16H15N3O3S/c17-15(21)11-6-8-12(9-7-11)18-16(23)19-14(20)10-22-13-4-2-1-3-5-13/h1-9H,10H2,(H2,17,21)(H2,18,19,20,23). The zero-order chi connectivity index (χ0) is 16.7. The van der Waals surface area contributed by atoms with E-state index in [-0.39, 0.29) is 17.6 Å². The Labute approximate surface area is 138 Å². The molecule has 0 aliphatic rings. The highest BCUT2D eigenvalue weighted by Crippen LogP contribution is 2.09. The van der Waals surface area contributed by atoms with Crippen LogP contribution in [-0.2, 0) is 4.79 Å². The Morgan fingerprint density at radius 1 is 1.04 bits per heavy atom. The van der Waals surface area contributed by atoms with E-state index in [4.69, 9.17) is 22.7 Å². The van der Waals surface area contributed by atoms with Crippen LogP contribution < -0.4 is 21.1 Å². The predicted molar refractivity (Wildman–Crippen MR) is 91.3 cm³/mol. The molecule has 0 saturated carbocycles. The highest BCUT2D eigenvalue weighted by molar-refractivity contribution is 7.80. The molecule has 6 nitrogen and oxygen atoms in total. The van der Waals surface area contributed by atoms with Gasteiger partial charge in [-0.05, 0) is 48.6 Å². The quantitative estimate of drug-likeness (QED) is 0.726. The number of anilines is 1. The number of carbonyl (C=O) groups excluding carboxylic acids is 2. The summed E-state index contributed by atoms with van der Waals surface area (Å²) in [6.45, 7) is -0.146. The molecule has 0 atom stereocenters. The Hall–Kier alpha value is -2.93. The Kier molecular flexibility index (Phi) is 5.65. The van der Waals surface area contributed by atoms with Gasteiger partial charge in [-0.3, -0.25) is 14.9 Å². The Morgan fingerprint density at radius 3 is 2.30 bits per heavy atom. The van der Waals surface area contributed by atoms with Gasteiger partial charge in [-0.1, -0.05) is 18.2 Å². The van der Waals surface area contributed by atoms with Gasteiger partial charge in [-0.25, -0.2) is 0 Å². The molecule has 2 rings (SSSR count). The number of ether oxygens (including phenoxy) is 1. The van der Waals surface area contributed by atoms with Crippen LogP contribution in [0.1, 0.15) is 10.4 Å². The monoisotopic (exact) mass is 329 g/mol. The Balaban J connectivity index is 1.79. The van der Waals surface area contributed by atoms with Gasteiger partial charge in [-0.2, -0.15) is 0 Å². The van der Waals surface area contributed by atoms with Gasteiger partial charge in [0.05, 0.1) is 0 Å². The van der Waals surface area contributed by atoms with Crippen LogP contribution in [-0.4, -0.2) is 23.5 Å². The summed E-state index contributed by atoms with van der Waals surface area (Å²) in [5.41, 5.74) is 6.18. The number of carbonyl (C=O) groups is 2. The smallest absolute Gasteiger partial charge is 0.264 e. The van der Waals surface area contributed by atoms with E-state index in [1.165, 1.54) is 0 Å². The van der Waals surface area contributed by atoms with Gasteiger partial charge in [0.15, 0.2) is 11.7 Å². The summed E-state index contributed by atoms with van der Waals surface area (Å²) in [4.78, 5) is 22.7. The van der Waals surface area contributed by atoms with E-state index in [1.54, 1.807) is 36.4 Å². The van der Waals surface area contributed by atoms with E-state index in [1.807, 2.05) is 18.2 Å². The second kappa shape index (κ2) is 7.90. The van der Waals surface area contributed by atoms with Crippen LogP contribution in [0.3, 0.4) is 0 Å². The molecule has 0 radical (unpaired) electrons. The summed E-state index contributed by atoms with van der Waals surface area (Å²) in [6.07, 6.45) is 0. The minimum Gasteiger partial charge on any atom is -0.484 e. The van der Waals surface area contributed by atoms with Gasteiger partial charge in [-0.15, -0.1) is 0 Å². The first kappa shape index (κ1) is 16.4. The fraction of sp³-hybridized carbons (Fsp3) is 0.0625. The van der Waals surface area contributed by atoms with Crippen LogP contribution in [0.4, 0.5) is 5.69 Å². The average molecular weight is 329 g/mol. The van der Waals surface area contributed by atoms with E-state index < -0.39 is 5.91 Å². The van der Waals surface area contributed by atoms with Crippen molar-refractivity contribution in [1.82, 2.24) is 5.32 Å². The third-order valence-electron chi connectivity index (χ3n) is 2.79. The molecule has 0 saturated heterocycles. The van der Waals surface area contributed by atoms with Crippen LogP contribution in [0.5, 0.6) is 5.75 Å². The van der Waals surface area contributed by atoms with Gasteiger partial charge >= 0.3 is 0 Å². The van der Waals surface area contributed by atoms with E-state index in [0.29, 0.717) is 17.0 Å². The first-order valence-corrected chi connectivity index (χ1v) is 7.14. The largest absolute Gasteiger partial charge is 0.484 e. The third kappa shape index (κ3) is 5.40. The summed E-state index contributed by atoms with van der Waals surface area (Å²) < 4.78 is 5.31. The molecule has 2 amide bonds. The van der Waals surface area contributed by atoms with Crippen molar-refractivity contribution >= 4 is 34.8 Å². The summed E-state index contributed by atoms with van der Waals surface area (Å²) in [6, 6.07) is 15.4. The molecule has 0 heterocycles. The molecule has 2 aromatic rings. The van der Waals surface area contributed by atoms with Crippen molar-refractivity contribution in [2.75, 3.05) is 11.9 Å². The van der Waals surface area contributed by atoms with Crippen LogP contribution in [0.15, 0.2) is 54.6 Å². The van der Waals surface area contributed by atoms with Crippen molar-refractivity contribution in [3.63, 3.8) is 0 Å². The van der Waals surface area contributed by atoms with Crippen LogP contribution >= 0.6 is 12.2 Å². The van der Waals surface area contributed by atoms with Crippen LogP contribution in [0, 0.1) is 0 Å². The SMILES string of the molecule is NC(=O)c1ccc(NC(=S)NC(=O)COc2ccccc2)cc1. The van der Waals surface area contributed by atoms with E-state index in [0.717, 1.165) is 0 Å². The maximum Gasteiger partial charge on any atom is 0.264 e. The molecule has 0 spiro atoms. The predicted octanol–water partition coefficient (Wildman–Crippen LogP) is 1.68. The van der Waals surface area contributed by atoms with Crippen molar-refractivity contribution in [3.05, 3.63) is 60.2 Å². The van der Waals surface area contributed by atoms with Crippen molar-refractivity contribution in [3.8, 4) is 5.75 Å². The number of hydrogen-bond donors (Lipinski definition) is 3. The first-order valence-electron chi connectivity index (χ1n) is 6.73. The van der Waals surface area contributed by atoms with Gasteiger partial charge in [0, 0.05) is 11.3 Å². The van der Waals surface area contributed by atoms with E-state index in [2.05, 4.69) is 10.6 Å². The topological polar surface area (TPSA) is 93.5 Å². The molecule has 2 aromatic carbocycles. The molecule has 23 heavy (non-hydrogen) atoms. The molecular weight excluding hydrogens is 314 g/mol. The molecule has 0 unspecified atom stereocenters. The molecule has 0 fully saturated rings. The lowest BCUT2D eigenvalue weighted by atomic mass is 10.2. The number of amides is 2. The van der Waals surface area contributed by atoms with Gasteiger partial charge < -0.3 is 15.8 Å². The lowest BCUT2D eigenvalue weighted by Gasteiger charge is -2.10. The summed E-state index contributed by atoms with van der Waals surface area (Å²) in [5.74, 6) is -0.283. The lowest BCUT2D eigenvalue weighted by Crippen LogP contribution is -2.37. The number of thiocarbonyl (C=S) groups is 1. The number of hydrogen-bond acceptors (Lipinski definition) is 4. The molecule has 4 N–H and O–H groups in total. The summed E-state index contributed by atoms with van der Waals surface area (Å²) in [7, 11) is 0. The van der Waals surface area contributed by atoms with Crippen LogP contribution in [0.2, 0.25) is 0 Å². The maximum atomic E-state index is 11.7. The number of nitrogens with one attached hydrogen (secondary N) is 2. The molecule has 7 heteroatoms. The minimum absolute atomic E-state index is 0.137. The molecular formula is C16H15N3O3S. The zero-order valence-corrected chi connectivity index (χ0v) is 12.9. The third-order valence-corrected chi connectivity index (χ3v) is 3.00. The molecule has 0 aliphatic carbocycles. The number of primary amides is 1. The second-order valence-corrected chi connectivity index (χ2v) is 4.95. The lowest BCUT2D eigenvalue weighted by molar-refractivity contribution is -0.121. The van der Waals surface area contributed by atoms with Crippen LogP contribution in [0.25, 0.3) is 0 Å². The highest BCUT2D eigenvalue weighted by Gasteiger charge is 2.06. The molecule has 0 bridgehead atoms. The van der Waals surface area contributed by atoms with Crippen molar-refractivity contribution in [1.29, 1.82) is 0 Å². The maximum absolute atomic E-state index is 11.7. The van der Waals surface area contributed by atoms with Crippen molar-refractivity contribution < 1.29 is 14.3 Å². The number of rotatable bonds is 5. The minimum atomic E-state index is -0.509. The Bertz CT molecular complexity index is 702. The van der Waals surface area contributed by atoms with E-state index in [9.17, 15) is 9.59 Å². The number of benzene rings is 2. The fourth-order valence-corrected chi connectivity index (χ4v) is 1.94. The zero-order valence-electron chi connectivity index (χ0n) is 12.1. The number of nitrogens with two attached hydrogens (primary N) is 1. The second-order valence-electron chi connectivity index (χ2n) is 4.55. The summed E-state index contributed by atoms with van der Waals surface area (Å²) >= 11 is 5.04. The molecule has 118 valence electrons. The molecule has 0 aromatic heterocycles. The summed E-state index contributed by atoms with van der Waals surface area (Å²) in [5, 5.41) is 5.47. The van der Waals surface area contributed by atoms with Crippen molar-refractivity contribution in [2.24, 2.45) is 5.73 Å². The van der Waals surface area contributed by atoms with Crippen molar-refractivity contribution in [2.45, 2.75) is 0 Å². The first-order chi connectivity index (χ1) is 11.0. The fourth-order valence-electron chi connectivity index (χ4n) is 1.71. The average Bonchev–Trinajstić information content (AvgIpc) is 2.54. The Morgan fingerprint density at radius 2 is 1.70 bits per heavy atom. The van der Waals surface area contributed by atoms with Gasteiger partial charge in [0.25, 0.3) is 5.91 Å². The van der Waals surface area contributed by atoms with Gasteiger partial charge in [0.1, 0.15) is 5.75 Å². The number of para-hydroxylation sites is 1. The van der Waals surface area contributed by atoms with E-state index >= 15 is 0 Å². The van der Waals surface area contributed by atoms with Gasteiger partial charge in [0.2, 0.25) is 5.91 Å². The highest BCUT2D eigenvalue weighted by atomic mass is 32.1. The molecule has 0 aliphatic heterocycles. The normalized spacial score (nSPS) is 9.74.